The van der Waals surface area contributed by atoms with Gasteiger partial charge in [0.05, 0.1) is 5.25 Å². The summed E-state index contributed by atoms with van der Waals surface area (Å²) in [6.45, 7) is 2.32. The summed E-state index contributed by atoms with van der Waals surface area (Å²) in [5.41, 5.74) is 3.64. The smallest absolute Gasteiger partial charge is 0.289 e. The largest absolute Gasteiger partial charge is 0.326 e. The van der Waals surface area contributed by atoms with E-state index in [1.807, 2.05) is 18.2 Å². The Balaban J connectivity index is 1.26. The number of nitrogens with zero attached hydrogens (tertiary/aromatic N) is 4. The van der Waals surface area contributed by atoms with Crippen LogP contribution in [0.2, 0.25) is 0 Å². The Bertz CT molecular complexity index is 1130. The molecule has 2 N–H and O–H groups in total. The third-order valence-electron chi connectivity index (χ3n) is 5.41. The van der Waals surface area contributed by atoms with Crippen LogP contribution in [0.5, 0.6) is 0 Å². The molecule has 33 heavy (non-hydrogen) atoms. The number of hydrogen-bond donors (Lipinski definition) is 2. The zero-order valence-corrected chi connectivity index (χ0v) is 19.0. The van der Waals surface area contributed by atoms with Crippen LogP contribution >= 0.6 is 11.8 Å². The molecule has 9 nitrogen and oxygen atoms in total. The number of tetrazole rings is 1. The van der Waals surface area contributed by atoms with Crippen molar-refractivity contribution in [3.63, 3.8) is 0 Å². The van der Waals surface area contributed by atoms with Crippen LogP contribution in [0.3, 0.4) is 0 Å². The Morgan fingerprint density at radius 2 is 1.94 bits per heavy atom. The lowest BCUT2D eigenvalue weighted by Gasteiger charge is -2.14. The molecular weight excluding hydrogens is 440 g/mol. The number of rotatable bonds is 9. The molecule has 1 aliphatic heterocycles. The molecule has 1 aliphatic rings. The van der Waals surface area contributed by atoms with Crippen LogP contribution in [0, 0.1) is 0 Å². The Morgan fingerprint density at radius 3 is 2.67 bits per heavy atom. The minimum atomic E-state index is -0.410. The molecule has 0 bridgehead atoms. The van der Waals surface area contributed by atoms with Gasteiger partial charge in [-0.2, -0.15) is 0 Å². The van der Waals surface area contributed by atoms with Gasteiger partial charge in [-0.1, -0.05) is 55.1 Å². The summed E-state index contributed by atoms with van der Waals surface area (Å²) < 4.78 is 0. The second-order valence-corrected chi connectivity index (χ2v) is 8.87. The number of benzene rings is 2. The first-order valence-electron chi connectivity index (χ1n) is 10.8. The molecule has 1 aromatic heterocycles. The first kappa shape index (κ1) is 22.7. The van der Waals surface area contributed by atoms with Crippen molar-refractivity contribution in [2.75, 3.05) is 11.9 Å². The Kier molecular flexibility index (Phi) is 7.13. The standard InChI is InChI=1S/C23H24N6O3S/c1-2-15-8-10-16(11-9-15)13-19-22(31)29(23(32)33-19)12-4-7-20(30)24-18-6-3-5-17(14-18)21-25-27-28-26-21/h3,5-6,8-11,14,19H,2,4,7,12-13H2,1H3,(H,24,30)(H,25,26,27,28). The number of H-pyrrole nitrogens is 1. The molecule has 1 saturated heterocycles. The number of anilines is 1. The lowest BCUT2D eigenvalue weighted by atomic mass is 10.1. The van der Waals surface area contributed by atoms with Gasteiger partial charge < -0.3 is 5.32 Å². The first-order valence-corrected chi connectivity index (χ1v) is 11.6. The summed E-state index contributed by atoms with van der Waals surface area (Å²) in [7, 11) is 0. The van der Waals surface area contributed by atoms with E-state index in [2.05, 4.69) is 45.0 Å². The third-order valence-corrected chi connectivity index (χ3v) is 6.48. The predicted molar refractivity (Wildman–Crippen MR) is 125 cm³/mol. The normalized spacial score (nSPS) is 15.8. The number of aromatic nitrogens is 4. The van der Waals surface area contributed by atoms with E-state index in [0.717, 1.165) is 29.3 Å². The van der Waals surface area contributed by atoms with Crippen molar-refractivity contribution < 1.29 is 14.4 Å². The first-order chi connectivity index (χ1) is 16.0. The molecule has 1 unspecified atom stereocenters. The number of thioether (sulfide) groups is 1. The van der Waals surface area contributed by atoms with E-state index in [1.165, 1.54) is 10.5 Å². The molecule has 170 valence electrons. The van der Waals surface area contributed by atoms with Gasteiger partial charge in [-0.15, -0.1) is 5.10 Å². The van der Waals surface area contributed by atoms with E-state index in [1.54, 1.807) is 18.2 Å². The van der Waals surface area contributed by atoms with Gasteiger partial charge in [0, 0.05) is 24.2 Å². The highest BCUT2D eigenvalue weighted by molar-refractivity contribution is 8.15. The lowest BCUT2D eigenvalue weighted by Crippen LogP contribution is -2.33. The zero-order valence-electron chi connectivity index (χ0n) is 18.2. The molecule has 0 spiro atoms. The van der Waals surface area contributed by atoms with Crippen LogP contribution < -0.4 is 5.32 Å². The zero-order chi connectivity index (χ0) is 23.2. The fourth-order valence-electron chi connectivity index (χ4n) is 3.60. The minimum Gasteiger partial charge on any atom is -0.326 e. The molecule has 2 heterocycles. The molecule has 0 radical (unpaired) electrons. The van der Waals surface area contributed by atoms with Gasteiger partial charge in [-0.05, 0) is 52.9 Å². The number of imide groups is 1. The van der Waals surface area contributed by atoms with E-state index in [4.69, 9.17) is 0 Å². The van der Waals surface area contributed by atoms with Crippen LogP contribution in [0.4, 0.5) is 10.5 Å². The van der Waals surface area contributed by atoms with E-state index in [9.17, 15) is 14.4 Å². The van der Waals surface area contributed by atoms with Gasteiger partial charge in [0.2, 0.25) is 11.8 Å². The van der Waals surface area contributed by atoms with Gasteiger partial charge in [0.25, 0.3) is 5.24 Å². The average Bonchev–Trinajstić information content (AvgIpc) is 3.44. The van der Waals surface area contributed by atoms with Gasteiger partial charge in [-0.3, -0.25) is 19.3 Å². The second-order valence-electron chi connectivity index (χ2n) is 7.72. The molecule has 4 rings (SSSR count). The van der Waals surface area contributed by atoms with Gasteiger partial charge in [0.1, 0.15) is 0 Å². The van der Waals surface area contributed by atoms with Crippen LogP contribution in [0.1, 0.15) is 30.9 Å². The SMILES string of the molecule is CCc1ccc(CC2SC(=O)N(CCCC(=O)Nc3cccc(-c4nnn[nH]4)c3)C2=O)cc1. The summed E-state index contributed by atoms with van der Waals surface area (Å²) in [6.07, 6.45) is 2.07. The van der Waals surface area contributed by atoms with Crippen LogP contribution in [-0.2, 0) is 22.4 Å². The van der Waals surface area contributed by atoms with Crippen molar-refractivity contribution in [2.45, 2.75) is 37.9 Å². The molecule has 1 fully saturated rings. The number of carbonyl (C=O) groups is 3. The second kappa shape index (κ2) is 10.4. The number of carbonyl (C=O) groups excluding carboxylic acids is 3. The van der Waals surface area contributed by atoms with Crippen LogP contribution in [-0.4, -0.2) is 54.4 Å². The minimum absolute atomic E-state index is 0.182. The lowest BCUT2D eigenvalue weighted by molar-refractivity contribution is -0.127. The maximum atomic E-state index is 12.7. The number of amides is 3. The maximum absolute atomic E-state index is 12.7. The molecule has 1 atom stereocenters. The van der Waals surface area contributed by atoms with E-state index in [0.29, 0.717) is 24.4 Å². The van der Waals surface area contributed by atoms with E-state index >= 15 is 0 Å². The van der Waals surface area contributed by atoms with Crippen molar-refractivity contribution in [1.82, 2.24) is 25.5 Å². The molecular formula is C23H24N6O3S. The molecule has 3 amide bonds. The molecule has 10 heteroatoms. The molecule has 0 saturated carbocycles. The summed E-state index contributed by atoms with van der Waals surface area (Å²) in [5.74, 6) is 0.131. The van der Waals surface area contributed by atoms with E-state index in [-0.39, 0.29) is 30.0 Å². The van der Waals surface area contributed by atoms with E-state index < -0.39 is 5.25 Å². The Labute approximate surface area is 195 Å². The predicted octanol–water partition coefficient (Wildman–Crippen LogP) is 3.45. The summed E-state index contributed by atoms with van der Waals surface area (Å²) in [6, 6.07) is 15.3. The molecule has 2 aromatic carbocycles. The van der Waals surface area contributed by atoms with Gasteiger partial charge >= 0.3 is 0 Å². The van der Waals surface area contributed by atoms with Gasteiger partial charge in [0.15, 0.2) is 5.82 Å². The molecule has 0 aliphatic carbocycles. The topological polar surface area (TPSA) is 121 Å². The van der Waals surface area contributed by atoms with Gasteiger partial charge in [-0.25, -0.2) is 5.10 Å². The van der Waals surface area contributed by atoms with Crippen molar-refractivity contribution >= 4 is 34.5 Å². The number of aryl methyl sites for hydroxylation is 1. The fourth-order valence-corrected chi connectivity index (χ4v) is 4.66. The monoisotopic (exact) mass is 464 g/mol. The third kappa shape index (κ3) is 5.64. The van der Waals surface area contributed by atoms with Crippen molar-refractivity contribution in [3.05, 3.63) is 59.7 Å². The van der Waals surface area contributed by atoms with Crippen LogP contribution in [0.15, 0.2) is 48.5 Å². The summed E-state index contributed by atoms with van der Waals surface area (Å²) >= 11 is 1.07. The fraction of sp³-hybridized carbons (Fsp3) is 0.304. The summed E-state index contributed by atoms with van der Waals surface area (Å²) in [4.78, 5) is 38.7. The Hall–Kier alpha value is -3.53. The quantitative estimate of drug-likeness (QED) is 0.497. The Morgan fingerprint density at radius 1 is 1.15 bits per heavy atom. The average molecular weight is 465 g/mol. The van der Waals surface area contributed by atoms with Crippen molar-refractivity contribution in [2.24, 2.45) is 0 Å². The highest BCUT2D eigenvalue weighted by atomic mass is 32.2. The number of nitrogens with one attached hydrogen (secondary N) is 2. The number of hydrogen-bond acceptors (Lipinski definition) is 7. The summed E-state index contributed by atoms with van der Waals surface area (Å²) in [5, 5.41) is 15.8. The number of aromatic amines is 1. The maximum Gasteiger partial charge on any atom is 0.289 e. The van der Waals surface area contributed by atoms with Crippen molar-refractivity contribution in [3.8, 4) is 11.4 Å². The molecule has 3 aromatic rings. The highest BCUT2D eigenvalue weighted by Gasteiger charge is 2.39. The highest BCUT2D eigenvalue weighted by Crippen LogP contribution is 2.30. The van der Waals surface area contributed by atoms with Crippen molar-refractivity contribution in [1.29, 1.82) is 0 Å². The van der Waals surface area contributed by atoms with Crippen LogP contribution in [0.25, 0.3) is 11.4 Å².